The van der Waals surface area contributed by atoms with Crippen molar-refractivity contribution in [1.29, 1.82) is 0 Å². The Labute approximate surface area is 160 Å². The molecule has 0 saturated carbocycles. The van der Waals surface area contributed by atoms with Crippen molar-refractivity contribution in [3.63, 3.8) is 0 Å². The molecule has 3 rings (SSSR count). The van der Waals surface area contributed by atoms with Gasteiger partial charge in [0.15, 0.2) is 0 Å². The lowest BCUT2D eigenvalue weighted by molar-refractivity contribution is -0.383. The zero-order valence-electron chi connectivity index (χ0n) is 15.1. The Kier molecular flexibility index (Phi) is 5.95. The van der Waals surface area contributed by atoms with E-state index in [-0.39, 0.29) is 29.7 Å². The Morgan fingerprint density at radius 2 is 1.75 bits per heavy atom. The van der Waals surface area contributed by atoms with Crippen molar-refractivity contribution in [2.45, 2.75) is 13.5 Å². The van der Waals surface area contributed by atoms with Gasteiger partial charge in [0.05, 0.1) is 11.5 Å². The van der Waals surface area contributed by atoms with Crippen molar-refractivity contribution in [2.24, 2.45) is 0 Å². The van der Waals surface area contributed by atoms with Crippen LogP contribution in [0.15, 0.2) is 54.9 Å². The third-order valence-electron chi connectivity index (χ3n) is 3.81. The summed E-state index contributed by atoms with van der Waals surface area (Å²) in [4.78, 5) is 19.0. The lowest BCUT2D eigenvalue weighted by atomic mass is 10.2. The standard InChI is InChI=1S/C19H18FN5O3/c1-2-28-16-9-7-15(8-10-16)24-19-17(25(26)27)18(22-12-23-19)21-11-13-3-5-14(20)6-4-13/h3-10,12H,2,11H2,1H3,(H2,21,22,23,24). The molecule has 2 N–H and O–H groups in total. The molecule has 144 valence electrons. The van der Waals surface area contributed by atoms with Gasteiger partial charge in [-0.3, -0.25) is 10.1 Å². The molecule has 0 aliphatic rings. The average molecular weight is 383 g/mol. The molecule has 0 aliphatic heterocycles. The maximum atomic E-state index is 13.0. The number of benzene rings is 2. The topological polar surface area (TPSA) is 102 Å². The van der Waals surface area contributed by atoms with Gasteiger partial charge in [-0.15, -0.1) is 0 Å². The summed E-state index contributed by atoms with van der Waals surface area (Å²) in [7, 11) is 0. The quantitative estimate of drug-likeness (QED) is 0.442. The van der Waals surface area contributed by atoms with E-state index < -0.39 is 4.92 Å². The van der Waals surface area contributed by atoms with Crippen molar-refractivity contribution in [3.8, 4) is 5.75 Å². The third-order valence-corrected chi connectivity index (χ3v) is 3.81. The molecule has 0 atom stereocenters. The predicted octanol–water partition coefficient (Wildman–Crippen LogP) is 4.28. The first-order valence-corrected chi connectivity index (χ1v) is 8.54. The summed E-state index contributed by atoms with van der Waals surface area (Å²) in [6.07, 6.45) is 1.23. The van der Waals surface area contributed by atoms with Crippen molar-refractivity contribution in [1.82, 2.24) is 9.97 Å². The molecule has 0 unspecified atom stereocenters. The van der Waals surface area contributed by atoms with Crippen molar-refractivity contribution in [3.05, 3.63) is 76.4 Å². The summed E-state index contributed by atoms with van der Waals surface area (Å²) in [6, 6.07) is 12.8. The highest BCUT2D eigenvalue weighted by Gasteiger charge is 2.23. The Balaban J connectivity index is 1.80. The second-order valence-electron chi connectivity index (χ2n) is 5.74. The SMILES string of the molecule is CCOc1ccc(Nc2ncnc(NCc3ccc(F)cc3)c2[N+](=O)[O-])cc1. The van der Waals surface area contributed by atoms with E-state index in [2.05, 4.69) is 20.6 Å². The van der Waals surface area contributed by atoms with Crippen LogP contribution >= 0.6 is 0 Å². The van der Waals surface area contributed by atoms with E-state index >= 15 is 0 Å². The van der Waals surface area contributed by atoms with Crippen LogP contribution in [-0.4, -0.2) is 21.5 Å². The van der Waals surface area contributed by atoms with Crippen LogP contribution in [0.2, 0.25) is 0 Å². The highest BCUT2D eigenvalue weighted by molar-refractivity contribution is 5.73. The largest absolute Gasteiger partial charge is 0.494 e. The fourth-order valence-electron chi connectivity index (χ4n) is 2.50. The Morgan fingerprint density at radius 3 is 2.39 bits per heavy atom. The van der Waals surface area contributed by atoms with E-state index in [0.717, 1.165) is 5.56 Å². The zero-order valence-corrected chi connectivity index (χ0v) is 15.1. The molecular formula is C19H18FN5O3. The van der Waals surface area contributed by atoms with Gasteiger partial charge in [0.2, 0.25) is 11.6 Å². The molecular weight excluding hydrogens is 365 g/mol. The van der Waals surface area contributed by atoms with E-state index in [1.165, 1.54) is 18.5 Å². The van der Waals surface area contributed by atoms with Crippen LogP contribution in [0.5, 0.6) is 5.75 Å². The maximum Gasteiger partial charge on any atom is 0.353 e. The predicted molar refractivity (Wildman–Crippen MR) is 103 cm³/mol. The number of nitro groups is 1. The summed E-state index contributed by atoms with van der Waals surface area (Å²) in [5.41, 5.74) is 1.10. The van der Waals surface area contributed by atoms with Crippen LogP contribution < -0.4 is 15.4 Å². The highest BCUT2D eigenvalue weighted by Crippen LogP contribution is 2.31. The van der Waals surface area contributed by atoms with Crippen molar-refractivity contribution in [2.75, 3.05) is 17.2 Å². The van der Waals surface area contributed by atoms with Crippen molar-refractivity contribution < 1.29 is 14.1 Å². The molecule has 0 amide bonds. The van der Waals surface area contributed by atoms with E-state index in [0.29, 0.717) is 18.0 Å². The van der Waals surface area contributed by atoms with Crippen LogP contribution in [0.1, 0.15) is 12.5 Å². The first kappa shape index (κ1) is 19.0. The molecule has 0 aliphatic carbocycles. The maximum absolute atomic E-state index is 13.0. The molecule has 9 heteroatoms. The summed E-state index contributed by atoms with van der Waals surface area (Å²) < 4.78 is 18.4. The fourth-order valence-corrected chi connectivity index (χ4v) is 2.50. The lowest BCUT2D eigenvalue weighted by Crippen LogP contribution is -2.08. The number of ether oxygens (including phenoxy) is 1. The van der Waals surface area contributed by atoms with Gasteiger partial charge in [-0.1, -0.05) is 12.1 Å². The first-order chi connectivity index (χ1) is 13.6. The number of hydrogen-bond donors (Lipinski definition) is 2. The van der Waals surface area contributed by atoms with Gasteiger partial charge >= 0.3 is 5.69 Å². The summed E-state index contributed by atoms with van der Waals surface area (Å²) in [5, 5.41) is 17.4. The Bertz CT molecular complexity index is 949. The smallest absolute Gasteiger partial charge is 0.353 e. The molecule has 0 fully saturated rings. The fraction of sp³-hybridized carbons (Fsp3) is 0.158. The van der Waals surface area contributed by atoms with Crippen LogP contribution in [0.25, 0.3) is 0 Å². The number of anilines is 3. The molecule has 1 aromatic heterocycles. The van der Waals surface area contributed by atoms with Gasteiger partial charge in [0.25, 0.3) is 0 Å². The molecule has 0 bridgehead atoms. The summed E-state index contributed by atoms with van der Waals surface area (Å²) in [6.45, 7) is 2.69. The molecule has 1 heterocycles. The molecule has 0 spiro atoms. The van der Waals surface area contributed by atoms with Gasteiger partial charge in [0.1, 0.15) is 17.9 Å². The van der Waals surface area contributed by atoms with E-state index in [1.807, 2.05) is 6.92 Å². The molecule has 8 nitrogen and oxygen atoms in total. The van der Waals surface area contributed by atoms with E-state index in [9.17, 15) is 14.5 Å². The lowest BCUT2D eigenvalue weighted by Gasteiger charge is -2.11. The highest BCUT2D eigenvalue weighted by atomic mass is 19.1. The minimum absolute atomic E-state index is 0.0609. The van der Waals surface area contributed by atoms with Crippen LogP contribution in [0, 0.1) is 15.9 Å². The van der Waals surface area contributed by atoms with Gasteiger partial charge < -0.3 is 15.4 Å². The monoisotopic (exact) mass is 383 g/mol. The van der Waals surface area contributed by atoms with Crippen molar-refractivity contribution >= 4 is 23.0 Å². The average Bonchev–Trinajstić information content (AvgIpc) is 2.69. The summed E-state index contributed by atoms with van der Waals surface area (Å²) in [5.74, 6) is 0.481. The number of rotatable bonds is 8. The molecule has 2 aromatic carbocycles. The number of nitrogens with zero attached hydrogens (tertiary/aromatic N) is 3. The number of halogens is 1. The Morgan fingerprint density at radius 1 is 1.07 bits per heavy atom. The van der Waals surface area contributed by atoms with E-state index in [1.54, 1.807) is 36.4 Å². The Hall–Kier alpha value is -3.75. The first-order valence-electron chi connectivity index (χ1n) is 8.54. The van der Waals surface area contributed by atoms with Gasteiger partial charge in [-0.2, -0.15) is 0 Å². The van der Waals surface area contributed by atoms with E-state index in [4.69, 9.17) is 4.74 Å². The van der Waals surface area contributed by atoms with Crippen LogP contribution in [0.3, 0.4) is 0 Å². The molecule has 28 heavy (non-hydrogen) atoms. The minimum Gasteiger partial charge on any atom is -0.494 e. The minimum atomic E-state index is -0.552. The third kappa shape index (κ3) is 4.70. The molecule has 0 radical (unpaired) electrons. The normalized spacial score (nSPS) is 10.4. The van der Waals surface area contributed by atoms with Gasteiger partial charge in [-0.05, 0) is 48.9 Å². The number of hydrogen-bond acceptors (Lipinski definition) is 7. The summed E-state index contributed by atoms with van der Waals surface area (Å²) >= 11 is 0. The zero-order chi connectivity index (χ0) is 19.9. The van der Waals surface area contributed by atoms with Crippen LogP contribution in [0.4, 0.5) is 27.4 Å². The van der Waals surface area contributed by atoms with Gasteiger partial charge in [-0.25, -0.2) is 14.4 Å². The molecule has 0 saturated heterocycles. The second-order valence-corrected chi connectivity index (χ2v) is 5.74. The number of aromatic nitrogens is 2. The second kappa shape index (κ2) is 8.76. The van der Waals surface area contributed by atoms with Gasteiger partial charge in [0, 0.05) is 12.2 Å². The molecule has 3 aromatic rings. The van der Waals surface area contributed by atoms with Crippen LogP contribution in [-0.2, 0) is 6.54 Å². The number of nitrogens with one attached hydrogen (secondary N) is 2.